The van der Waals surface area contributed by atoms with Crippen molar-refractivity contribution < 1.29 is 27.1 Å². The second kappa shape index (κ2) is 9.70. The predicted octanol–water partition coefficient (Wildman–Crippen LogP) is 4.14. The molecule has 1 amide bonds. The first-order valence-corrected chi connectivity index (χ1v) is 12.4. The molecule has 2 aromatic rings. The van der Waals surface area contributed by atoms with Crippen LogP contribution in [-0.4, -0.2) is 32.7 Å². The number of rotatable bonds is 7. The van der Waals surface area contributed by atoms with Gasteiger partial charge in [-0.1, -0.05) is 6.42 Å². The van der Waals surface area contributed by atoms with Gasteiger partial charge in [0.25, 0.3) is 0 Å². The minimum atomic E-state index is -3.72. The van der Waals surface area contributed by atoms with Gasteiger partial charge in [0.15, 0.2) is 9.84 Å². The average molecular weight is 454 g/mol. The molecule has 0 saturated carbocycles. The molecule has 1 aromatic carbocycles. The number of aryl methyl sites for hydroxylation is 1. The molecule has 1 aliphatic carbocycles. The van der Waals surface area contributed by atoms with Crippen LogP contribution in [0.5, 0.6) is 0 Å². The predicted molar refractivity (Wildman–Crippen MR) is 113 cm³/mol. The van der Waals surface area contributed by atoms with E-state index in [1.807, 2.05) is 0 Å². The van der Waals surface area contributed by atoms with Crippen molar-refractivity contribution in [3.05, 3.63) is 46.1 Å². The molecular formula is C21H24FNO5S2. The number of carbonyl (C=O) groups excluding carboxylic acids is 2. The molecular weight excluding hydrogens is 429 g/mol. The van der Waals surface area contributed by atoms with E-state index in [1.54, 1.807) is 6.92 Å². The van der Waals surface area contributed by atoms with Crippen LogP contribution in [0.15, 0.2) is 29.2 Å². The van der Waals surface area contributed by atoms with Crippen molar-refractivity contribution in [2.75, 3.05) is 17.7 Å². The Labute approximate surface area is 179 Å². The van der Waals surface area contributed by atoms with Crippen molar-refractivity contribution in [1.29, 1.82) is 0 Å². The quantitative estimate of drug-likeness (QED) is 0.387. The van der Waals surface area contributed by atoms with Gasteiger partial charge in [-0.15, -0.1) is 11.3 Å². The number of esters is 1. The number of ether oxygens (including phenoxy) is 1. The average Bonchev–Trinajstić information content (AvgIpc) is 2.87. The Morgan fingerprint density at radius 2 is 1.83 bits per heavy atom. The van der Waals surface area contributed by atoms with Crippen LogP contribution in [0.3, 0.4) is 0 Å². The van der Waals surface area contributed by atoms with E-state index < -0.39 is 33.3 Å². The summed E-state index contributed by atoms with van der Waals surface area (Å²) in [6.07, 6.45) is 4.42. The number of amides is 1. The van der Waals surface area contributed by atoms with Crippen LogP contribution < -0.4 is 5.32 Å². The minimum absolute atomic E-state index is 0.0354. The molecule has 0 unspecified atom stereocenters. The highest BCUT2D eigenvalue weighted by Gasteiger charge is 2.27. The lowest BCUT2D eigenvalue weighted by atomic mass is 10.1. The summed E-state index contributed by atoms with van der Waals surface area (Å²) >= 11 is 1.37. The van der Waals surface area contributed by atoms with Crippen molar-refractivity contribution in [3.8, 4) is 0 Å². The van der Waals surface area contributed by atoms with E-state index in [-0.39, 0.29) is 17.9 Å². The summed E-state index contributed by atoms with van der Waals surface area (Å²) in [5.74, 6) is -1.91. The van der Waals surface area contributed by atoms with Crippen LogP contribution in [0.4, 0.5) is 9.39 Å². The number of hydrogen-bond acceptors (Lipinski definition) is 6. The normalized spacial score (nSPS) is 13.9. The third kappa shape index (κ3) is 5.26. The van der Waals surface area contributed by atoms with Gasteiger partial charge in [0.1, 0.15) is 10.8 Å². The molecule has 0 saturated heterocycles. The van der Waals surface area contributed by atoms with Crippen LogP contribution >= 0.6 is 11.3 Å². The number of fused-ring (bicyclic) bond motifs is 1. The second-order valence-electron chi connectivity index (χ2n) is 7.06. The molecule has 1 aromatic heterocycles. The van der Waals surface area contributed by atoms with Gasteiger partial charge in [-0.2, -0.15) is 0 Å². The van der Waals surface area contributed by atoms with Gasteiger partial charge in [0.05, 0.1) is 22.8 Å². The summed E-state index contributed by atoms with van der Waals surface area (Å²) in [5, 5.41) is 3.14. The summed E-state index contributed by atoms with van der Waals surface area (Å²) in [7, 11) is -3.72. The maximum Gasteiger partial charge on any atom is 0.341 e. The SMILES string of the molecule is CCOC(=O)c1c(NC(=O)CCS(=O)(=O)c2ccc(F)cc2)sc2c1CCCCC2. The van der Waals surface area contributed by atoms with Gasteiger partial charge in [-0.3, -0.25) is 4.79 Å². The van der Waals surface area contributed by atoms with Crippen LogP contribution in [0.25, 0.3) is 0 Å². The maximum atomic E-state index is 13.0. The summed E-state index contributed by atoms with van der Waals surface area (Å²) in [6.45, 7) is 1.95. The highest BCUT2D eigenvalue weighted by molar-refractivity contribution is 7.91. The van der Waals surface area contributed by atoms with Crippen LogP contribution in [0, 0.1) is 5.82 Å². The van der Waals surface area contributed by atoms with E-state index >= 15 is 0 Å². The van der Waals surface area contributed by atoms with Gasteiger partial charge in [-0.05, 0) is 62.4 Å². The number of anilines is 1. The smallest absolute Gasteiger partial charge is 0.341 e. The van der Waals surface area contributed by atoms with Gasteiger partial charge in [-0.25, -0.2) is 17.6 Å². The van der Waals surface area contributed by atoms with E-state index in [4.69, 9.17) is 4.74 Å². The van der Waals surface area contributed by atoms with Crippen molar-refractivity contribution in [3.63, 3.8) is 0 Å². The molecule has 0 fully saturated rings. The largest absolute Gasteiger partial charge is 0.462 e. The second-order valence-corrected chi connectivity index (χ2v) is 10.3. The van der Waals surface area contributed by atoms with Crippen molar-refractivity contribution >= 4 is 38.1 Å². The molecule has 0 atom stereocenters. The number of hydrogen-bond donors (Lipinski definition) is 1. The zero-order valence-corrected chi connectivity index (χ0v) is 18.3. The van der Waals surface area contributed by atoms with Gasteiger partial charge < -0.3 is 10.1 Å². The lowest BCUT2D eigenvalue weighted by molar-refractivity contribution is -0.115. The summed E-state index contributed by atoms with van der Waals surface area (Å²) < 4.78 is 43.0. The lowest BCUT2D eigenvalue weighted by Gasteiger charge is -2.09. The van der Waals surface area contributed by atoms with E-state index in [9.17, 15) is 22.4 Å². The summed E-state index contributed by atoms with van der Waals surface area (Å²) in [4.78, 5) is 26.0. The number of sulfone groups is 1. The monoisotopic (exact) mass is 453 g/mol. The molecule has 0 radical (unpaired) electrons. The molecule has 0 spiro atoms. The summed E-state index contributed by atoms with van der Waals surface area (Å²) in [5.41, 5.74) is 1.33. The number of halogens is 1. The van der Waals surface area contributed by atoms with Gasteiger partial charge in [0.2, 0.25) is 5.91 Å². The fraction of sp³-hybridized carbons (Fsp3) is 0.429. The van der Waals surface area contributed by atoms with E-state index in [1.165, 1.54) is 23.5 Å². The van der Waals surface area contributed by atoms with Crippen molar-refractivity contribution in [2.45, 2.75) is 50.3 Å². The molecule has 30 heavy (non-hydrogen) atoms. The molecule has 0 aliphatic heterocycles. The minimum Gasteiger partial charge on any atom is -0.462 e. The first-order valence-electron chi connectivity index (χ1n) is 9.91. The topological polar surface area (TPSA) is 89.5 Å². The Hall–Kier alpha value is -2.26. The Bertz CT molecular complexity index is 1030. The van der Waals surface area contributed by atoms with Gasteiger partial charge in [0, 0.05) is 11.3 Å². The fourth-order valence-electron chi connectivity index (χ4n) is 3.43. The third-order valence-corrected chi connectivity index (χ3v) is 7.86. The first kappa shape index (κ1) is 22.4. The van der Waals surface area contributed by atoms with Crippen LogP contribution in [0.1, 0.15) is 53.4 Å². The van der Waals surface area contributed by atoms with Crippen molar-refractivity contribution in [1.82, 2.24) is 0 Å². The molecule has 162 valence electrons. The number of carbonyl (C=O) groups is 2. The zero-order chi connectivity index (χ0) is 21.7. The molecule has 3 rings (SSSR count). The fourth-order valence-corrected chi connectivity index (χ4v) is 5.96. The lowest BCUT2D eigenvalue weighted by Crippen LogP contribution is -2.19. The molecule has 6 nitrogen and oxygen atoms in total. The first-order chi connectivity index (χ1) is 14.3. The number of nitrogens with one attached hydrogen (secondary N) is 1. The molecule has 1 aliphatic rings. The molecule has 0 bridgehead atoms. The standard InChI is InChI=1S/C21H24FNO5S2/c1-2-28-21(25)19-16-6-4-3-5-7-17(16)29-20(19)23-18(24)12-13-30(26,27)15-10-8-14(22)9-11-15/h8-11H,2-7,12-13H2,1H3,(H,23,24). The highest BCUT2D eigenvalue weighted by atomic mass is 32.2. The van der Waals surface area contributed by atoms with E-state index in [0.717, 1.165) is 54.7 Å². The Kier molecular flexibility index (Phi) is 7.25. The van der Waals surface area contributed by atoms with E-state index in [0.29, 0.717) is 10.6 Å². The zero-order valence-electron chi connectivity index (χ0n) is 16.7. The Morgan fingerprint density at radius 1 is 1.13 bits per heavy atom. The Balaban J connectivity index is 1.74. The molecule has 1 heterocycles. The van der Waals surface area contributed by atoms with Gasteiger partial charge >= 0.3 is 5.97 Å². The number of thiophene rings is 1. The van der Waals surface area contributed by atoms with Crippen molar-refractivity contribution in [2.24, 2.45) is 0 Å². The number of benzene rings is 1. The maximum absolute atomic E-state index is 13.0. The summed E-state index contributed by atoms with van der Waals surface area (Å²) in [6, 6.07) is 4.49. The Morgan fingerprint density at radius 3 is 2.53 bits per heavy atom. The molecule has 1 N–H and O–H groups in total. The third-order valence-electron chi connectivity index (χ3n) is 4.92. The highest BCUT2D eigenvalue weighted by Crippen LogP contribution is 2.38. The van der Waals surface area contributed by atoms with Crippen LogP contribution in [0.2, 0.25) is 0 Å². The van der Waals surface area contributed by atoms with Crippen LogP contribution in [-0.2, 0) is 32.2 Å². The van der Waals surface area contributed by atoms with E-state index in [2.05, 4.69) is 5.32 Å². The molecule has 9 heteroatoms.